The lowest BCUT2D eigenvalue weighted by Gasteiger charge is -2.06. The predicted octanol–water partition coefficient (Wildman–Crippen LogP) is 4.53. The van der Waals surface area contributed by atoms with Crippen molar-refractivity contribution in [3.8, 4) is 5.75 Å². The molecule has 0 saturated carbocycles. The number of carboxylic acid groups (broad SMARTS) is 1. The Morgan fingerprint density at radius 1 is 1.00 bits per heavy atom. The summed E-state index contributed by atoms with van der Waals surface area (Å²) in [5.74, 6) is 0.155. The maximum absolute atomic E-state index is 10.3. The van der Waals surface area contributed by atoms with E-state index in [-0.39, 0.29) is 0 Å². The smallest absolute Gasteiger partial charge is 0.303 e. The minimum absolute atomic E-state index is 0.291. The summed E-state index contributed by atoms with van der Waals surface area (Å²) >= 11 is 5.78. The number of hydrogen-bond donors (Lipinski definition) is 1. The molecule has 106 valence electrons. The Labute approximate surface area is 119 Å². The van der Waals surface area contributed by atoms with Crippen molar-refractivity contribution >= 4 is 17.6 Å². The number of unbranched alkanes of at least 4 members (excludes halogenated alkanes) is 5. The van der Waals surface area contributed by atoms with E-state index in [9.17, 15) is 4.79 Å². The van der Waals surface area contributed by atoms with Crippen LogP contribution >= 0.6 is 11.6 Å². The summed E-state index contributed by atoms with van der Waals surface area (Å²) < 4.78 is 5.58. The second-order valence-corrected chi connectivity index (χ2v) is 5.00. The first-order valence-electron chi connectivity index (χ1n) is 6.78. The highest BCUT2D eigenvalue weighted by Gasteiger charge is 1.97. The first-order valence-corrected chi connectivity index (χ1v) is 7.16. The standard InChI is InChI=1S/C15H21ClO3/c16-13-8-10-14(11-9-13)19-12-6-4-2-1-3-5-7-15(17)18/h8-11H,1-7,12H2,(H,17,18). The van der Waals surface area contributed by atoms with Crippen LogP contribution in [0.4, 0.5) is 0 Å². The fraction of sp³-hybridized carbons (Fsp3) is 0.533. The molecule has 0 saturated heterocycles. The summed E-state index contributed by atoms with van der Waals surface area (Å²) in [5.41, 5.74) is 0. The molecule has 3 nitrogen and oxygen atoms in total. The third-order valence-electron chi connectivity index (χ3n) is 2.87. The van der Waals surface area contributed by atoms with E-state index < -0.39 is 5.97 Å². The largest absolute Gasteiger partial charge is 0.494 e. The molecule has 1 aromatic rings. The summed E-state index contributed by atoms with van der Waals surface area (Å²) in [6.07, 6.45) is 6.49. The second kappa shape index (κ2) is 9.68. The number of rotatable bonds is 10. The average molecular weight is 285 g/mol. The highest BCUT2D eigenvalue weighted by molar-refractivity contribution is 6.30. The molecule has 0 radical (unpaired) electrons. The Hall–Kier alpha value is -1.22. The molecule has 19 heavy (non-hydrogen) atoms. The lowest BCUT2D eigenvalue weighted by atomic mass is 10.1. The maximum Gasteiger partial charge on any atom is 0.303 e. The summed E-state index contributed by atoms with van der Waals surface area (Å²) in [5, 5.41) is 9.20. The lowest BCUT2D eigenvalue weighted by molar-refractivity contribution is -0.137. The fourth-order valence-corrected chi connectivity index (χ4v) is 1.93. The van der Waals surface area contributed by atoms with Gasteiger partial charge in [-0.2, -0.15) is 0 Å². The number of hydrogen-bond acceptors (Lipinski definition) is 2. The monoisotopic (exact) mass is 284 g/mol. The van der Waals surface area contributed by atoms with Crippen LogP contribution in [0.2, 0.25) is 5.02 Å². The minimum Gasteiger partial charge on any atom is -0.494 e. The van der Waals surface area contributed by atoms with Gasteiger partial charge in [0.2, 0.25) is 0 Å². The van der Waals surface area contributed by atoms with Crippen molar-refractivity contribution in [2.24, 2.45) is 0 Å². The van der Waals surface area contributed by atoms with E-state index in [4.69, 9.17) is 21.4 Å². The number of carboxylic acids is 1. The van der Waals surface area contributed by atoms with Gasteiger partial charge in [-0.25, -0.2) is 0 Å². The zero-order valence-electron chi connectivity index (χ0n) is 11.1. The van der Waals surface area contributed by atoms with E-state index in [1.807, 2.05) is 24.3 Å². The Balaban J connectivity index is 1.91. The van der Waals surface area contributed by atoms with E-state index in [1.54, 1.807) is 0 Å². The van der Waals surface area contributed by atoms with Crippen molar-refractivity contribution in [2.45, 2.75) is 44.9 Å². The molecule has 0 aliphatic carbocycles. The first-order chi connectivity index (χ1) is 9.18. The minimum atomic E-state index is -0.698. The van der Waals surface area contributed by atoms with Crippen LogP contribution in [0.5, 0.6) is 5.75 Å². The van der Waals surface area contributed by atoms with E-state index in [1.165, 1.54) is 0 Å². The van der Waals surface area contributed by atoms with Crippen LogP contribution in [0, 0.1) is 0 Å². The van der Waals surface area contributed by atoms with Crippen molar-refractivity contribution in [1.29, 1.82) is 0 Å². The van der Waals surface area contributed by atoms with Gasteiger partial charge in [0.05, 0.1) is 6.61 Å². The molecule has 1 aromatic carbocycles. The molecule has 0 aliphatic rings. The van der Waals surface area contributed by atoms with E-state index in [0.29, 0.717) is 11.4 Å². The lowest BCUT2D eigenvalue weighted by Crippen LogP contribution is -1.97. The molecular formula is C15H21ClO3. The number of halogens is 1. The molecule has 0 aromatic heterocycles. The van der Waals surface area contributed by atoms with Gasteiger partial charge in [-0.05, 0) is 37.1 Å². The zero-order valence-corrected chi connectivity index (χ0v) is 11.9. The highest BCUT2D eigenvalue weighted by atomic mass is 35.5. The number of ether oxygens (including phenoxy) is 1. The van der Waals surface area contributed by atoms with Crippen LogP contribution in [0.3, 0.4) is 0 Å². The summed E-state index contributed by atoms with van der Waals surface area (Å²) in [6.45, 7) is 0.719. The van der Waals surface area contributed by atoms with Gasteiger partial charge in [0.25, 0.3) is 0 Å². The van der Waals surface area contributed by atoms with Gasteiger partial charge < -0.3 is 9.84 Å². The van der Waals surface area contributed by atoms with Gasteiger partial charge in [-0.3, -0.25) is 4.79 Å². The summed E-state index contributed by atoms with van der Waals surface area (Å²) in [4.78, 5) is 10.3. The molecular weight excluding hydrogens is 264 g/mol. The SMILES string of the molecule is O=C(O)CCCCCCCCOc1ccc(Cl)cc1. The van der Waals surface area contributed by atoms with Crippen LogP contribution in [0.1, 0.15) is 44.9 Å². The van der Waals surface area contributed by atoms with Gasteiger partial charge in [0.1, 0.15) is 5.75 Å². The molecule has 0 unspecified atom stereocenters. The van der Waals surface area contributed by atoms with Crippen molar-refractivity contribution < 1.29 is 14.6 Å². The van der Waals surface area contributed by atoms with E-state index in [2.05, 4.69) is 0 Å². The molecule has 0 atom stereocenters. The fourth-order valence-electron chi connectivity index (χ4n) is 1.81. The van der Waals surface area contributed by atoms with Gasteiger partial charge in [-0.1, -0.05) is 37.3 Å². The number of carbonyl (C=O) groups is 1. The molecule has 0 aliphatic heterocycles. The molecule has 1 N–H and O–H groups in total. The van der Waals surface area contributed by atoms with Crippen LogP contribution in [-0.4, -0.2) is 17.7 Å². The Kier molecular flexibility index (Phi) is 8.07. The first kappa shape index (κ1) is 15.8. The van der Waals surface area contributed by atoms with Crippen molar-refractivity contribution in [2.75, 3.05) is 6.61 Å². The third kappa shape index (κ3) is 8.49. The molecule has 4 heteroatoms. The molecule has 0 amide bonds. The molecule has 0 fully saturated rings. The topological polar surface area (TPSA) is 46.5 Å². The quantitative estimate of drug-likeness (QED) is 0.642. The van der Waals surface area contributed by atoms with Crippen LogP contribution in [-0.2, 0) is 4.79 Å². The van der Waals surface area contributed by atoms with Crippen molar-refractivity contribution in [3.63, 3.8) is 0 Å². The van der Waals surface area contributed by atoms with Crippen molar-refractivity contribution in [1.82, 2.24) is 0 Å². The zero-order chi connectivity index (χ0) is 13.9. The molecule has 0 heterocycles. The molecule has 0 bridgehead atoms. The molecule has 1 rings (SSSR count). The average Bonchev–Trinajstić information content (AvgIpc) is 2.38. The number of benzene rings is 1. The highest BCUT2D eigenvalue weighted by Crippen LogP contribution is 2.16. The van der Waals surface area contributed by atoms with Crippen LogP contribution in [0.25, 0.3) is 0 Å². The van der Waals surface area contributed by atoms with Crippen LogP contribution in [0.15, 0.2) is 24.3 Å². The Morgan fingerprint density at radius 2 is 1.58 bits per heavy atom. The summed E-state index contributed by atoms with van der Waals surface area (Å²) in [7, 11) is 0. The Bertz CT molecular complexity index is 362. The Morgan fingerprint density at radius 3 is 2.21 bits per heavy atom. The van der Waals surface area contributed by atoms with Gasteiger partial charge >= 0.3 is 5.97 Å². The van der Waals surface area contributed by atoms with Gasteiger partial charge in [0.15, 0.2) is 0 Å². The summed E-state index contributed by atoms with van der Waals surface area (Å²) in [6, 6.07) is 7.38. The normalized spacial score (nSPS) is 10.4. The third-order valence-corrected chi connectivity index (χ3v) is 3.12. The van der Waals surface area contributed by atoms with E-state index in [0.717, 1.165) is 50.9 Å². The van der Waals surface area contributed by atoms with Gasteiger partial charge in [-0.15, -0.1) is 0 Å². The predicted molar refractivity (Wildman–Crippen MR) is 76.9 cm³/mol. The molecule has 0 spiro atoms. The van der Waals surface area contributed by atoms with Crippen molar-refractivity contribution in [3.05, 3.63) is 29.3 Å². The van der Waals surface area contributed by atoms with Crippen LogP contribution < -0.4 is 4.74 Å². The maximum atomic E-state index is 10.3. The second-order valence-electron chi connectivity index (χ2n) is 4.57. The van der Waals surface area contributed by atoms with Gasteiger partial charge in [0, 0.05) is 11.4 Å². The van der Waals surface area contributed by atoms with E-state index >= 15 is 0 Å². The number of aliphatic carboxylic acids is 1.